The fraction of sp³-hybridized carbons (Fsp3) is 0.619. The van der Waals surface area contributed by atoms with Crippen LogP contribution in [0.25, 0.3) is 0 Å². The number of methoxy groups -OCH3 is 1. The van der Waals surface area contributed by atoms with Crippen molar-refractivity contribution in [1.29, 1.82) is 0 Å². The number of aliphatic carboxylic acids is 1. The third-order valence-electron chi connectivity index (χ3n) is 5.84. The number of fused-ring (bicyclic) bond motifs is 1. The van der Waals surface area contributed by atoms with E-state index in [1.165, 1.54) is 13.2 Å². The minimum absolute atomic E-state index is 0.00864. The van der Waals surface area contributed by atoms with Gasteiger partial charge in [-0.2, -0.15) is 0 Å². The Balaban J connectivity index is 2.51. The second-order valence-corrected chi connectivity index (χ2v) is 7.73. The van der Waals surface area contributed by atoms with Gasteiger partial charge in [0.15, 0.2) is 0 Å². The normalized spacial score (nSPS) is 30.1. The van der Waals surface area contributed by atoms with Gasteiger partial charge in [0.25, 0.3) is 0 Å². The van der Waals surface area contributed by atoms with Crippen molar-refractivity contribution in [3.8, 4) is 0 Å². The van der Waals surface area contributed by atoms with Crippen LogP contribution in [0.1, 0.15) is 46.0 Å². The molecule has 0 aromatic heterocycles. The molecule has 5 nitrogen and oxygen atoms in total. The molecule has 0 unspecified atom stereocenters. The van der Waals surface area contributed by atoms with Crippen molar-refractivity contribution >= 4 is 11.9 Å². The van der Waals surface area contributed by atoms with Gasteiger partial charge < -0.3 is 14.9 Å². The van der Waals surface area contributed by atoms with Crippen molar-refractivity contribution in [2.75, 3.05) is 7.11 Å². The zero-order valence-electron chi connectivity index (χ0n) is 15.9. The van der Waals surface area contributed by atoms with Crippen LogP contribution in [-0.2, 0) is 14.3 Å². The van der Waals surface area contributed by atoms with Gasteiger partial charge in [0, 0.05) is 5.57 Å². The van der Waals surface area contributed by atoms with E-state index < -0.39 is 12.1 Å². The minimum Gasteiger partial charge on any atom is -0.478 e. The summed E-state index contributed by atoms with van der Waals surface area (Å²) in [6.45, 7) is 8.52. The summed E-state index contributed by atoms with van der Waals surface area (Å²) >= 11 is 0. The lowest BCUT2D eigenvalue weighted by molar-refractivity contribution is -0.136. The molecule has 4 atom stereocenters. The first-order valence-electron chi connectivity index (χ1n) is 9.34. The Bertz CT molecular complexity index is 628. The Morgan fingerprint density at radius 3 is 2.58 bits per heavy atom. The highest BCUT2D eigenvalue weighted by Gasteiger charge is 2.38. The first kappa shape index (κ1) is 20.4. The first-order chi connectivity index (χ1) is 12.3. The second-order valence-electron chi connectivity index (χ2n) is 7.73. The number of rotatable bonds is 3. The molecular weight excluding hydrogens is 332 g/mol. The summed E-state index contributed by atoms with van der Waals surface area (Å²) in [5.41, 5.74) is 1.62. The number of carbonyl (C=O) groups excluding carboxylic acids is 1. The molecule has 2 aliphatic rings. The molecule has 0 aromatic carbocycles. The van der Waals surface area contributed by atoms with Gasteiger partial charge in [0.05, 0.1) is 18.8 Å². The third-order valence-corrected chi connectivity index (χ3v) is 5.84. The van der Waals surface area contributed by atoms with Crippen LogP contribution in [0.5, 0.6) is 0 Å². The Hall–Kier alpha value is -1.88. The van der Waals surface area contributed by atoms with Crippen LogP contribution < -0.4 is 0 Å². The topological polar surface area (TPSA) is 83.8 Å². The zero-order valence-corrected chi connectivity index (χ0v) is 15.9. The van der Waals surface area contributed by atoms with Crippen LogP contribution in [0.2, 0.25) is 0 Å². The van der Waals surface area contributed by atoms with Gasteiger partial charge in [-0.3, -0.25) is 0 Å². The average molecular weight is 362 g/mol. The van der Waals surface area contributed by atoms with Crippen molar-refractivity contribution in [3.63, 3.8) is 0 Å². The zero-order chi connectivity index (χ0) is 19.4. The lowest BCUT2D eigenvalue weighted by Crippen LogP contribution is -2.35. The summed E-state index contributed by atoms with van der Waals surface area (Å²) in [7, 11) is 1.36. The highest BCUT2D eigenvalue weighted by atomic mass is 16.5. The number of carboxylic acids is 1. The Kier molecular flexibility index (Phi) is 6.81. The van der Waals surface area contributed by atoms with Crippen molar-refractivity contribution in [1.82, 2.24) is 0 Å². The Morgan fingerprint density at radius 2 is 2.00 bits per heavy atom. The van der Waals surface area contributed by atoms with E-state index in [1.54, 1.807) is 0 Å². The lowest BCUT2D eigenvalue weighted by atomic mass is 9.63. The van der Waals surface area contributed by atoms with Gasteiger partial charge in [0.1, 0.15) is 0 Å². The van der Waals surface area contributed by atoms with E-state index in [4.69, 9.17) is 4.74 Å². The van der Waals surface area contributed by atoms with E-state index in [0.29, 0.717) is 36.7 Å². The van der Waals surface area contributed by atoms with Gasteiger partial charge >= 0.3 is 11.9 Å². The number of hydrogen-bond acceptors (Lipinski definition) is 4. The van der Waals surface area contributed by atoms with Crippen molar-refractivity contribution in [2.24, 2.45) is 23.7 Å². The molecule has 0 bridgehead atoms. The molecule has 0 aromatic rings. The van der Waals surface area contributed by atoms with Crippen molar-refractivity contribution in [3.05, 3.63) is 35.5 Å². The molecule has 2 N–H and O–H groups in total. The summed E-state index contributed by atoms with van der Waals surface area (Å²) in [4.78, 5) is 23.8. The number of allylic oxidation sites excluding steroid dienone is 3. The smallest absolute Gasteiger partial charge is 0.333 e. The maximum absolute atomic E-state index is 12.2. The van der Waals surface area contributed by atoms with Gasteiger partial charge in [-0.1, -0.05) is 38.2 Å². The molecule has 2 aliphatic carbocycles. The van der Waals surface area contributed by atoms with Crippen LogP contribution >= 0.6 is 0 Å². The van der Waals surface area contributed by atoms with Gasteiger partial charge in [-0.25, -0.2) is 9.59 Å². The maximum atomic E-state index is 12.2. The molecule has 0 spiro atoms. The largest absolute Gasteiger partial charge is 0.478 e. The van der Waals surface area contributed by atoms with E-state index >= 15 is 0 Å². The fourth-order valence-corrected chi connectivity index (χ4v) is 4.38. The van der Waals surface area contributed by atoms with E-state index in [9.17, 15) is 19.8 Å². The third kappa shape index (κ3) is 4.44. The van der Waals surface area contributed by atoms with Gasteiger partial charge in [0.2, 0.25) is 0 Å². The van der Waals surface area contributed by atoms with Crippen LogP contribution in [-0.4, -0.2) is 35.4 Å². The molecule has 0 radical (unpaired) electrons. The second kappa shape index (κ2) is 8.67. The van der Waals surface area contributed by atoms with Gasteiger partial charge in [-0.15, -0.1) is 0 Å². The molecule has 2 rings (SSSR count). The molecule has 144 valence electrons. The molecule has 0 saturated heterocycles. The molecule has 0 heterocycles. The summed E-state index contributed by atoms with van der Waals surface area (Å²) in [6.07, 6.45) is 5.45. The number of aliphatic hydroxyl groups excluding tert-OH is 1. The van der Waals surface area contributed by atoms with Crippen molar-refractivity contribution in [2.45, 2.75) is 52.1 Å². The molecule has 1 fully saturated rings. The molecule has 0 amide bonds. The van der Waals surface area contributed by atoms with E-state index in [-0.39, 0.29) is 23.4 Å². The highest BCUT2D eigenvalue weighted by molar-refractivity contribution is 5.89. The Labute approximate surface area is 155 Å². The maximum Gasteiger partial charge on any atom is 0.333 e. The number of hydrogen-bond donors (Lipinski definition) is 2. The molecule has 5 heteroatoms. The SMILES string of the molecule is C=C1CC[C@@H](C(C)C)[C@H]2C=C(C(=O)OC)CCC=C(C(=O)O)[C@H](O)C[C@H]12. The van der Waals surface area contributed by atoms with E-state index in [1.807, 2.05) is 6.08 Å². The fourth-order valence-electron chi connectivity index (χ4n) is 4.38. The van der Waals surface area contributed by atoms with Crippen molar-refractivity contribution < 1.29 is 24.5 Å². The summed E-state index contributed by atoms with van der Waals surface area (Å²) in [5, 5.41) is 20.0. The monoisotopic (exact) mass is 362 g/mol. The summed E-state index contributed by atoms with van der Waals surface area (Å²) < 4.78 is 4.94. The number of aliphatic hydroxyl groups is 1. The minimum atomic E-state index is -1.11. The standard InChI is InChI=1S/C21H30O5/c1-12(2)15-9-8-13(3)17-11-19(22)16(20(23)24)7-5-6-14(10-18(15)17)21(25)26-4/h7,10,12,15,17-19,22H,3,5-6,8-9,11H2,1-2,4H3,(H,23,24)/t15-,17+,18+,19+/m0/s1. The molecular formula is C21H30O5. The van der Waals surface area contributed by atoms with Crippen LogP contribution in [0.4, 0.5) is 0 Å². The first-order valence-corrected chi connectivity index (χ1v) is 9.34. The number of esters is 1. The predicted molar refractivity (Wildman–Crippen MR) is 99.4 cm³/mol. The number of carbonyl (C=O) groups is 2. The average Bonchev–Trinajstić information content (AvgIpc) is 2.58. The number of carboxylic acid groups (broad SMARTS) is 1. The molecule has 1 saturated carbocycles. The van der Waals surface area contributed by atoms with Crippen LogP contribution in [0.3, 0.4) is 0 Å². The quantitative estimate of drug-likeness (QED) is 0.593. The highest BCUT2D eigenvalue weighted by Crippen LogP contribution is 2.45. The molecule has 0 aliphatic heterocycles. The van der Waals surface area contributed by atoms with E-state index in [0.717, 1.165) is 18.4 Å². The lowest BCUT2D eigenvalue weighted by Gasteiger charge is -2.41. The number of ether oxygens (including phenoxy) is 1. The van der Waals surface area contributed by atoms with Crippen LogP contribution in [0, 0.1) is 23.7 Å². The Morgan fingerprint density at radius 1 is 1.31 bits per heavy atom. The van der Waals surface area contributed by atoms with Gasteiger partial charge in [-0.05, 0) is 55.8 Å². The van der Waals surface area contributed by atoms with Crippen LogP contribution in [0.15, 0.2) is 35.5 Å². The molecule has 26 heavy (non-hydrogen) atoms. The summed E-state index contributed by atoms with van der Waals surface area (Å²) in [5.74, 6) is -0.706. The van der Waals surface area contributed by atoms with E-state index in [2.05, 4.69) is 20.4 Å². The predicted octanol–water partition coefficient (Wildman–Crippen LogP) is 3.50. The summed E-state index contributed by atoms with van der Waals surface area (Å²) in [6, 6.07) is 0.